The second-order valence-corrected chi connectivity index (χ2v) is 12.7. The molecule has 0 saturated carbocycles. The van der Waals surface area contributed by atoms with E-state index in [2.05, 4.69) is 45.7 Å². The largest absolute Gasteiger partial charge is 0.495 e. The van der Waals surface area contributed by atoms with Crippen molar-refractivity contribution >= 4 is 25.4 Å². The third-order valence-electron chi connectivity index (χ3n) is 5.21. The first-order valence-electron chi connectivity index (χ1n) is 8.92. The van der Waals surface area contributed by atoms with Gasteiger partial charge in [0.25, 0.3) is 0 Å². The van der Waals surface area contributed by atoms with Gasteiger partial charge in [0.15, 0.2) is 14.6 Å². The maximum Gasteiger partial charge on any atom is 0.193 e. The SMILES string of the molecule is COc1c(C#CCO[Si](C)(C)C(C)(C)C)c(C=O)c(OC)c2ccccc12. The molecular formula is C22H28O4Si. The smallest absolute Gasteiger partial charge is 0.193 e. The van der Waals surface area contributed by atoms with Gasteiger partial charge in [0, 0.05) is 10.8 Å². The molecule has 0 spiro atoms. The lowest BCUT2D eigenvalue weighted by Crippen LogP contribution is -2.40. The molecule has 0 heterocycles. The van der Waals surface area contributed by atoms with Crippen LogP contribution < -0.4 is 9.47 Å². The third-order valence-corrected chi connectivity index (χ3v) is 9.69. The van der Waals surface area contributed by atoms with Gasteiger partial charge in [-0.2, -0.15) is 0 Å². The summed E-state index contributed by atoms with van der Waals surface area (Å²) >= 11 is 0. The average Bonchev–Trinajstić information content (AvgIpc) is 2.62. The van der Waals surface area contributed by atoms with Crippen LogP contribution in [-0.4, -0.2) is 35.4 Å². The van der Waals surface area contributed by atoms with Gasteiger partial charge in [-0.15, -0.1) is 0 Å². The summed E-state index contributed by atoms with van der Waals surface area (Å²) in [5, 5.41) is 1.80. The van der Waals surface area contributed by atoms with Gasteiger partial charge in [0.1, 0.15) is 11.5 Å². The molecule has 0 aliphatic carbocycles. The van der Waals surface area contributed by atoms with Crippen LogP contribution in [0.3, 0.4) is 0 Å². The Labute approximate surface area is 162 Å². The van der Waals surface area contributed by atoms with Crippen LogP contribution in [0.25, 0.3) is 10.8 Å². The Morgan fingerprint density at radius 3 is 2.07 bits per heavy atom. The van der Waals surface area contributed by atoms with Gasteiger partial charge in [-0.05, 0) is 18.1 Å². The molecule has 0 amide bonds. The van der Waals surface area contributed by atoms with Gasteiger partial charge >= 0.3 is 0 Å². The molecule has 2 rings (SSSR count). The van der Waals surface area contributed by atoms with Crippen LogP contribution in [0.2, 0.25) is 18.1 Å². The summed E-state index contributed by atoms with van der Waals surface area (Å²) in [6, 6.07) is 7.66. The van der Waals surface area contributed by atoms with E-state index in [0.717, 1.165) is 17.1 Å². The maximum absolute atomic E-state index is 11.8. The summed E-state index contributed by atoms with van der Waals surface area (Å²) in [6.45, 7) is 11.3. The van der Waals surface area contributed by atoms with Gasteiger partial charge in [-0.25, -0.2) is 0 Å². The van der Waals surface area contributed by atoms with Crippen molar-refractivity contribution in [1.29, 1.82) is 0 Å². The Bertz CT molecular complexity index is 898. The number of rotatable bonds is 5. The third kappa shape index (κ3) is 4.18. The monoisotopic (exact) mass is 384 g/mol. The van der Waals surface area contributed by atoms with Crippen LogP contribution in [0.5, 0.6) is 11.5 Å². The Morgan fingerprint density at radius 1 is 1.04 bits per heavy atom. The fourth-order valence-electron chi connectivity index (χ4n) is 2.62. The minimum Gasteiger partial charge on any atom is -0.495 e. The fraction of sp³-hybridized carbons (Fsp3) is 0.409. The minimum atomic E-state index is -1.88. The van der Waals surface area contributed by atoms with E-state index in [-0.39, 0.29) is 5.04 Å². The highest BCUT2D eigenvalue weighted by atomic mass is 28.4. The molecule has 144 valence electrons. The van der Waals surface area contributed by atoms with Crippen LogP contribution >= 0.6 is 0 Å². The second kappa shape index (κ2) is 8.16. The lowest BCUT2D eigenvalue weighted by molar-refractivity contribution is 0.112. The van der Waals surface area contributed by atoms with Gasteiger partial charge in [0.05, 0.1) is 32.0 Å². The maximum atomic E-state index is 11.8. The van der Waals surface area contributed by atoms with E-state index in [1.165, 1.54) is 0 Å². The van der Waals surface area contributed by atoms with E-state index >= 15 is 0 Å². The van der Waals surface area contributed by atoms with Crippen LogP contribution in [0.1, 0.15) is 36.7 Å². The molecule has 0 unspecified atom stereocenters. The molecule has 27 heavy (non-hydrogen) atoms. The molecule has 0 radical (unpaired) electrons. The number of benzene rings is 2. The quantitative estimate of drug-likeness (QED) is 0.411. The predicted molar refractivity (Wildman–Crippen MR) is 112 cm³/mol. The molecule has 0 N–H and O–H groups in total. The van der Waals surface area contributed by atoms with Crippen LogP contribution in [0.15, 0.2) is 24.3 Å². The lowest BCUT2D eigenvalue weighted by atomic mass is 9.98. The van der Waals surface area contributed by atoms with Crippen molar-refractivity contribution in [2.24, 2.45) is 0 Å². The summed E-state index contributed by atoms with van der Waals surface area (Å²) in [5.74, 6) is 7.24. The Kier molecular flexibility index (Phi) is 6.35. The van der Waals surface area contributed by atoms with E-state index in [0.29, 0.717) is 29.2 Å². The first kappa shape index (κ1) is 21.0. The zero-order valence-corrected chi connectivity index (χ0v) is 18.2. The number of carbonyl (C=O) groups excluding carboxylic acids is 1. The first-order valence-corrected chi connectivity index (χ1v) is 11.8. The highest BCUT2D eigenvalue weighted by molar-refractivity contribution is 6.74. The molecular weight excluding hydrogens is 356 g/mol. The predicted octanol–water partition coefficient (Wildman–Crippen LogP) is 5.04. The van der Waals surface area contributed by atoms with Crippen molar-refractivity contribution in [3.05, 3.63) is 35.4 Å². The number of methoxy groups -OCH3 is 2. The number of carbonyl (C=O) groups is 1. The number of fused-ring (bicyclic) bond motifs is 1. The normalized spacial score (nSPS) is 11.7. The molecule has 5 heteroatoms. The van der Waals surface area contributed by atoms with E-state index in [1.807, 2.05) is 24.3 Å². The van der Waals surface area contributed by atoms with Crippen molar-refractivity contribution in [2.75, 3.05) is 20.8 Å². The first-order chi connectivity index (χ1) is 12.7. The summed E-state index contributed by atoms with van der Waals surface area (Å²) in [6.07, 6.45) is 0.770. The number of aldehydes is 1. The standard InChI is InChI=1S/C22H28O4Si/c1-22(2,3)27(6,7)26-14-10-13-18-19(15-23)21(25-5)17-12-9-8-11-16(17)20(18)24-4/h8-9,11-12,15H,14H2,1-7H3. The van der Waals surface area contributed by atoms with Crippen molar-refractivity contribution in [3.8, 4) is 23.3 Å². The molecule has 0 fully saturated rings. The van der Waals surface area contributed by atoms with Crippen molar-refractivity contribution in [1.82, 2.24) is 0 Å². The highest BCUT2D eigenvalue weighted by Gasteiger charge is 2.36. The molecule has 0 aliphatic heterocycles. The Morgan fingerprint density at radius 2 is 1.59 bits per heavy atom. The molecule has 4 nitrogen and oxygen atoms in total. The molecule has 0 aromatic heterocycles. The number of hydrogen-bond donors (Lipinski definition) is 0. The molecule has 0 saturated heterocycles. The summed E-state index contributed by atoms with van der Waals surface area (Å²) in [4.78, 5) is 11.8. The summed E-state index contributed by atoms with van der Waals surface area (Å²) < 4.78 is 17.2. The lowest BCUT2D eigenvalue weighted by Gasteiger charge is -2.35. The minimum absolute atomic E-state index is 0.118. The van der Waals surface area contributed by atoms with E-state index in [4.69, 9.17) is 13.9 Å². The van der Waals surface area contributed by atoms with E-state index in [1.54, 1.807) is 14.2 Å². The Hall–Kier alpha value is -2.29. The van der Waals surface area contributed by atoms with Gasteiger partial charge < -0.3 is 13.9 Å². The van der Waals surface area contributed by atoms with E-state index < -0.39 is 8.32 Å². The van der Waals surface area contributed by atoms with Gasteiger partial charge in [-0.1, -0.05) is 56.9 Å². The molecule has 0 atom stereocenters. The highest BCUT2D eigenvalue weighted by Crippen LogP contribution is 2.39. The van der Waals surface area contributed by atoms with Crippen molar-refractivity contribution in [2.45, 2.75) is 38.9 Å². The van der Waals surface area contributed by atoms with Crippen molar-refractivity contribution < 1.29 is 18.7 Å². The number of hydrogen-bond acceptors (Lipinski definition) is 4. The average molecular weight is 385 g/mol. The molecule has 2 aromatic carbocycles. The Balaban J connectivity index is 2.52. The second-order valence-electron chi connectivity index (χ2n) is 7.87. The topological polar surface area (TPSA) is 44.8 Å². The summed E-state index contributed by atoms with van der Waals surface area (Å²) in [5.41, 5.74) is 0.926. The molecule has 2 aromatic rings. The van der Waals surface area contributed by atoms with E-state index in [9.17, 15) is 4.79 Å². The summed E-state index contributed by atoms with van der Waals surface area (Å²) in [7, 11) is 1.26. The molecule has 0 bridgehead atoms. The van der Waals surface area contributed by atoms with Gasteiger partial charge in [-0.3, -0.25) is 4.79 Å². The van der Waals surface area contributed by atoms with Crippen LogP contribution in [0.4, 0.5) is 0 Å². The number of ether oxygens (including phenoxy) is 2. The van der Waals surface area contributed by atoms with Crippen LogP contribution in [0, 0.1) is 11.8 Å². The van der Waals surface area contributed by atoms with Gasteiger partial charge in [0.2, 0.25) is 0 Å². The zero-order valence-electron chi connectivity index (χ0n) is 17.2. The molecule has 0 aliphatic rings. The van der Waals surface area contributed by atoms with Crippen molar-refractivity contribution in [3.63, 3.8) is 0 Å². The van der Waals surface area contributed by atoms with Crippen LogP contribution in [-0.2, 0) is 4.43 Å². The zero-order chi connectivity index (χ0) is 20.2. The fourth-order valence-corrected chi connectivity index (χ4v) is 3.49.